The molecule has 0 radical (unpaired) electrons. The van der Waals surface area contributed by atoms with Gasteiger partial charge in [-0.25, -0.2) is 4.98 Å². The lowest BCUT2D eigenvalue weighted by molar-refractivity contribution is 0.102. The lowest BCUT2D eigenvalue weighted by atomic mass is 10.1. The molecule has 4 rings (SSSR count). The van der Waals surface area contributed by atoms with E-state index in [0.29, 0.717) is 22.8 Å². The van der Waals surface area contributed by atoms with E-state index in [2.05, 4.69) is 37.1 Å². The first-order valence-corrected chi connectivity index (χ1v) is 10.5. The van der Waals surface area contributed by atoms with E-state index >= 15 is 0 Å². The van der Waals surface area contributed by atoms with Crippen molar-refractivity contribution >= 4 is 35.6 Å². The highest BCUT2D eigenvalue weighted by molar-refractivity contribution is 6.03. The SMILES string of the molecule is C=Nc1cc(OC)ccc1N.Cc1cc(NC(=O)c2ccc(N3CCC(O)CC3)nc2)n[nH]1. The molecule has 2 aromatic heterocycles. The number of carbonyl (C=O) groups excluding carboxylic acids is 1. The molecular weight excluding hydrogens is 422 g/mol. The molecule has 0 atom stereocenters. The third-order valence-electron chi connectivity index (χ3n) is 5.15. The first-order chi connectivity index (χ1) is 15.9. The number of hydrogen-bond donors (Lipinski definition) is 4. The molecule has 0 saturated carbocycles. The van der Waals surface area contributed by atoms with E-state index in [1.807, 2.05) is 13.0 Å². The minimum atomic E-state index is -0.236. The fourth-order valence-corrected chi connectivity index (χ4v) is 3.26. The van der Waals surface area contributed by atoms with Gasteiger partial charge in [0.05, 0.1) is 30.2 Å². The Balaban J connectivity index is 0.000000235. The van der Waals surface area contributed by atoms with Gasteiger partial charge in [-0.05, 0) is 50.7 Å². The maximum absolute atomic E-state index is 12.1. The Hall–Kier alpha value is -3.92. The summed E-state index contributed by atoms with van der Waals surface area (Å²) in [5.74, 6) is 1.83. The second kappa shape index (κ2) is 11.1. The lowest BCUT2D eigenvalue weighted by Crippen LogP contribution is -2.36. The molecule has 10 nitrogen and oxygen atoms in total. The van der Waals surface area contributed by atoms with Gasteiger partial charge in [-0.15, -0.1) is 0 Å². The molecular formula is C23H29N7O3. The number of aliphatic imine (C=N–C) groups is 1. The number of nitrogens with one attached hydrogen (secondary N) is 2. The first kappa shape index (κ1) is 23.7. The normalized spacial score (nSPS) is 13.6. The molecule has 1 aliphatic rings. The van der Waals surface area contributed by atoms with Crippen LogP contribution < -0.4 is 20.7 Å². The predicted octanol–water partition coefficient (Wildman–Crippen LogP) is 2.94. The number of rotatable bonds is 5. The van der Waals surface area contributed by atoms with Crippen LogP contribution in [0.2, 0.25) is 0 Å². The van der Waals surface area contributed by atoms with Crippen molar-refractivity contribution in [3.63, 3.8) is 0 Å². The van der Waals surface area contributed by atoms with E-state index < -0.39 is 0 Å². The number of benzene rings is 1. The van der Waals surface area contributed by atoms with Crippen LogP contribution in [0.25, 0.3) is 0 Å². The molecule has 1 amide bonds. The number of nitrogens with two attached hydrogens (primary N) is 1. The van der Waals surface area contributed by atoms with Crippen molar-refractivity contribution < 1.29 is 14.6 Å². The average molecular weight is 452 g/mol. The number of nitrogens with zero attached hydrogens (tertiary/aromatic N) is 4. The van der Waals surface area contributed by atoms with Gasteiger partial charge in [0.15, 0.2) is 5.82 Å². The van der Waals surface area contributed by atoms with Gasteiger partial charge in [-0.2, -0.15) is 5.10 Å². The van der Waals surface area contributed by atoms with Gasteiger partial charge in [-0.3, -0.25) is 14.9 Å². The van der Waals surface area contributed by atoms with Crippen molar-refractivity contribution in [3.05, 3.63) is 53.9 Å². The predicted molar refractivity (Wildman–Crippen MR) is 130 cm³/mol. The fourth-order valence-electron chi connectivity index (χ4n) is 3.26. The quantitative estimate of drug-likeness (QED) is 0.345. The molecule has 3 heterocycles. The lowest BCUT2D eigenvalue weighted by Gasteiger charge is -2.30. The summed E-state index contributed by atoms with van der Waals surface area (Å²) in [6, 6.07) is 10.6. The average Bonchev–Trinajstić information content (AvgIpc) is 3.25. The molecule has 1 aliphatic heterocycles. The Bertz CT molecular complexity index is 1070. The van der Waals surface area contributed by atoms with E-state index in [4.69, 9.17) is 10.5 Å². The molecule has 0 aliphatic carbocycles. The monoisotopic (exact) mass is 451 g/mol. The number of piperidine rings is 1. The van der Waals surface area contributed by atoms with Crippen LogP contribution in [0.1, 0.15) is 28.9 Å². The number of pyridine rings is 1. The number of aromatic nitrogens is 3. The van der Waals surface area contributed by atoms with Gasteiger partial charge in [0, 0.05) is 37.1 Å². The number of H-pyrrole nitrogens is 1. The van der Waals surface area contributed by atoms with Crippen molar-refractivity contribution in [1.29, 1.82) is 0 Å². The maximum Gasteiger partial charge on any atom is 0.258 e. The van der Waals surface area contributed by atoms with Crippen LogP contribution in [-0.4, -0.2) is 59.2 Å². The number of carbonyl (C=O) groups is 1. The number of ether oxygens (including phenoxy) is 1. The molecule has 10 heteroatoms. The summed E-state index contributed by atoms with van der Waals surface area (Å²) in [6.07, 6.45) is 2.86. The summed E-state index contributed by atoms with van der Waals surface area (Å²) in [6.45, 7) is 6.82. The number of aliphatic hydroxyl groups is 1. The third kappa shape index (κ3) is 6.53. The molecule has 0 bridgehead atoms. The largest absolute Gasteiger partial charge is 0.497 e. The van der Waals surface area contributed by atoms with Crippen molar-refractivity contribution in [2.45, 2.75) is 25.9 Å². The van der Waals surface area contributed by atoms with E-state index in [-0.39, 0.29) is 12.0 Å². The van der Waals surface area contributed by atoms with E-state index in [1.165, 1.54) is 0 Å². The molecule has 33 heavy (non-hydrogen) atoms. The maximum atomic E-state index is 12.1. The molecule has 1 saturated heterocycles. The highest BCUT2D eigenvalue weighted by Crippen LogP contribution is 2.26. The zero-order chi connectivity index (χ0) is 23.8. The first-order valence-electron chi connectivity index (χ1n) is 10.5. The second-order valence-electron chi connectivity index (χ2n) is 7.60. The number of hydrogen-bond acceptors (Lipinski definition) is 8. The zero-order valence-electron chi connectivity index (χ0n) is 18.8. The van der Waals surface area contributed by atoms with E-state index in [9.17, 15) is 9.90 Å². The molecule has 174 valence electrons. The Morgan fingerprint density at radius 2 is 2.06 bits per heavy atom. The Labute approximate surface area is 192 Å². The molecule has 0 spiro atoms. The molecule has 3 aromatic rings. The number of aromatic amines is 1. The van der Waals surface area contributed by atoms with Gasteiger partial charge in [-0.1, -0.05) is 0 Å². The smallest absolute Gasteiger partial charge is 0.258 e. The van der Waals surface area contributed by atoms with E-state index in [1.54, 1.807) is 43.6 Å². The van der Waals surface area contributed by atoms with Gasteiger partial charge in [0.2, 0.25) is 0 Å². The van der Waals surface area contributed by atoms with Crippen LogP contribution in [0.5, 0.6) is 5.75 Å². The number of nitrogen functional groups attached to an aromatic ring is 1. The van der Waals surface area contributed by atoms with Crippen LogP contribution in [0.4, 0.5) is 23.0 Å². The summed E-state index contributed by atoms with van der Waals surface area (Å²) in [7, 11) is 1.60. The highest BCUT2D eigenvalue weighted by Gasteiger charge is 2.18. The summed E-state index contributed by atoms with van der Waals surface area (Å²) in [5, 5.41) is 19.0. The summed E-state index contributed by atoms with van der Waals surface area (Å²) >= 11 is 0. The van der Waals surface area contributed by atoms with Crippen LogP contribution in [-0.2, 0) is 0 Å². The van der Waals surface area contributed by atoms with Crippen molar-refractivity contribution in [3.8, 4) is 5.75 Å². The summed E-state index contributed by atoms with van der Waals surface area (Å²) < 4.78 is 4.97. The number of amides is 1. The molecule has 0 unspecified atom stereocenters. The van der Waals surface area contributed by atoms with E-state index in [0.717, 1.165) is 43.2 Å². The second-order valence-corrected chi connectivity index (χ2v) is 7.60. The van der Waals surface area contributed by atoms with Crippen molar-refractivity contribution in [1.82, 2.24) is 15.2 Å². The standard InChI is InChI=1S/C15H19N5O2.C8H10N2O/c1-10-8-13(19-18-10)17-15(22)11-2-3-14(16-9-11)20-6-4-12(21)5-7-20;1-10-8-5-6(11-2)3-4-7(8)9/h2-3,8-9,12,21H,4-7H2,1H3,(H2,17,18,19,22);3-5H,1,9H2,2H3. The highest BCUT2D eigenvalue weighted by atomic mass is 16.5. The molecule has 5 N–H and O–H groups in total. The number of methoxy groups -OCH3 is 1. The fraction of sp³-hybridized carbons (Fsp3) is 0.304. The molecule has 1 fully saturated rings. The van der Waals surface area contributed by atoms with Crippen LogP contribution >= 0.6 is 0 Å². The van der Waals surface area contributed by atoms with Crippen LogP contribution in [0.15, 0.2) is 47.6 Å². The van der Waals surface area contributed by atoms with Gasteiger partial charge in [0.25, 0.3) is 5.91 Å². The number of aliphatic hydroxyl groups excluding tert-OH is 1. The zero-order valence-corrected chi connectivity index (χ0v) is 18.8. The van der Waals surface area contributed by atoms with Gasteiger partial charge >= 0.3 is 0 Å². The van der Waals surface area contributed by atoms with Gasteiger partial charge < -0.3 is 25.8 Å². The topological polar surface area (TPSA) is 142 Å². The van der Waals surface area contributed by atoms with Crippen LogP contribution in [0, 0.1) is 6.92 Å². The van der Waals surface area contributed by atoms with Crippen LogP contribution in [0.3, 0.4) is 0 Å². The number of aryl methyl sites for hydroxylation is 1. The Morgan fingerprint density at radius 1 is 1.30 bits per heavy atom. The van der Waals surface area contributed by atoms with Gasteiger partial charge in [0.1, 0.15) is 11.6 Å². The third-order valence-corrected chi connectivity index (χ3v) is 5.15. The van der Waals surface area contributed by atoms with Crippen molar-refractivity contribution in [2.24, 2.45) is 4.99 Å². The minimum absolute atomic E-state index is 0.210. The van der Waals surface area contributed by atoms with Crippen molar-refractivity contribution in [2.75, 3.05) is 36.1 Å². The summed E-state index contributed by atoms with van der Waals surface area (Å²) in [5.41, 5.74) is 8.21. The Morgan fingerprint density at radius 3 is 2.64 bits per heavy atom. The summed E-state index contributed by atoms with van der Waals surface area (Å²) in [4.78, 5) is 22.3. The molecule has 1 aromatic carbocycles. The Kier molecular flexibility index (Phi) is 7.98. The number of anilines is 3. The minimum Gasteiger partial charge on any atom is -0.497 e.